The lowest BCUT2D eigenvalue weighted by Gasteiger charge is -2.04. The lowest BCUT2D eigenvalue weighted by atomic mass is 10.1. The summed E-state index contributed by atoms with van der Waals surface area (Å²) in [5.74, 6) is -0.959. The number of nitrogens with two attached hydrogens (primary N) is 1. The van der Waals surface area contributed by atoms with Crippen molar-refractivity contribution < 1.29 is 14.7 Å². The summed E-state index contributed by atoms with van der Waals surface area (Å²) in [4.78, 5) is 20.4. The lowest BCUT2D eigenvalue weighted by Crippen LogP contribution is -2.32. The Hall–Kier alpha value is -2.46. The Morgan fingerprint density at radius 1 is 1.05 bits per heavy atom. The summed E-state index contributed by atoms with van der Waals surface area (Å²) in [5, 5.41) is 8.52. The Bertz CT molecular complexity index is 526. The van der Waals surface area contributed by atoms with Gasteiger partial charge in [0.2, 0.25) is 0 Å². The van der Waals surface area contributed by atoms with Gasteiger partial charge in [0.1, 0.15) is 12.3 Å². The lowest BCUT2D eigenvalue weighted by molar-refractivity contribution is -0.138. The zero-order chi connectivity index (χ0) is 14.8. The number of aldehydes is 1. The Balaban J connectivity index is 0.000000217. The molecule has 4 nitrogen and oxygen atoms in total. The molecule has 1 atom stereocenters. The molecule has 2 aromatic carbocycles. The molecule has 0 amide bonds. The second-order valence-corrected chi connectivity index (χ2v) is 4.16. The van der Waals surface area contributed by atoms with Gasteiger partial charge in [-0.15, -0.1) is 0 Å². The fourth-order valence-corrected chi connectivity index (χ4v) is 1.49. The predicted octanol–water partition coefficient (Wildman–Crippen LogP) is 2.14. The molecular formula is C16H17NO3. The van der Waals surface area contributed by atoms with Crippen LogP contribution in [0.4, 0.5) is 0 Å². The molecule has 4 heteroatoms. The Labute approximate surface area is 117 Å². The summed E-state index contributed by atoms with van der Waals surface area (Å²) < 4.78 is 0. The quantitative estimate of drug-likeness (QED) is 0.835. The van der Waals surface area contributed by atoms with Crippen molar-refractivity contribution in [3.63, 3.8) is 0 Å². The van der Waals surface area contributed by atoms with E-state index in [4.69, 9.17) is 10.8 Å². The first-order valence-corrected chi connectivity index (χ1v) is 6.16. The molecule has 3 N–H and O–H groups in total. The van der Waals surface area contributed by atoms with Gasteiger partial charge < -0.3 is 10.8 Å². The fourth-order valence-electron chi connectivity index (χ4n) is 1.49. The van der Waals surface area contributed by atoms with Gasteiger partial charge in [0.05, 0.1) is 0 Å². The van der Waals surface area contributed by atoms with Crippen molar-refractivity contribution in [3.05, 3.63) is 71.8 Å². The molecule has 0 heterocycles. The van der Waals surface area contributed by atoms with Gasteiger partial charge in [-0.1, -0.05) is 60.7 Å². The zero-order valence-electron chi connectivity index (χ0n) is 11.0. The SMILES string of the molecule is N[C@@H](Cc1ccccc1)C(=O)O.O=Cc1ccccc1. The van der Waals surface area contributed by atoms with Gasteiger partial charge in [0, 0.05) is 5.56 Å². The fraction of sp³-hybridized carbons (Fsp3) is 0.125. The van der Waals surface area contributed by atoms with E-state index >= 15 is 0 Å². The first-order valence-electron chi connectivity index (χ1n) is 6.16. The topological polar surface area (TPSA) is 80.4 Å². The first kappa shape index (κ1) is 15.6. The highest BCUT2D eigenvalue weighted by molar-refractivity contribution is 5.74. The number of carbonyl (C=O) groups excluding carboxylic acids is 1. The van der Waals surface area contributed by atoms with Crippen molar-refractivity contribution in [3.8, 4) is 0 Å². The van der Waals surface area contributed by atoms with Crippen LogP contribution < -0.4 is 5.73 Å². The van der Waals surface area contributed by atoms with E-state index in [1.54, 1.807) is 12.1 Å². The molecule has 104 valence electrons. The highest BCUT2D eigenvalue weighted by Crippen LogP contribution is 2.01. The normalized spacial score (nSPS) is 10.8. The number of hydrogen-bond acceptors (Lipinski definition) is 3. The van der Waals surface area contributed by atoms with Crippen LogP contribution in [0, 0.1) is 0 Å². The van der Waals surface area contributed by atoms with Crippen molar-refractivity contribution in [1.82, 2.24) is 0 Å². The van der Waals surface area contributed by atoms with Crippen LogP contribution in [0.2, 0.25) is 0 Å². The van der Waals surface area contributed by atoms with Crippen LogP contribution in [-0.2, 0) is 11.2 Å². The third-order valence-electron chi connectivity index (χ3n) is 2.55. The molecule has 0 aromatic heterocycles. The molecule has 0 fully saturated rings. The molecule has 0 radical (unpaired) electrons. The number of carboxylic acids is 1. The molecule has 0 bridgehead atoms. The van der Waals surface area contributed by atoms with E-state index < -0.39 is 12.0 Å². The molecule has 2 rings (SSSR count). The van der Waals surface area contributed by atoms with Crippen molar-refractivity contribution in [1.29, 1.82) is 0 Å². The Kier molecular flexibility index (Phi) is 6.71. The van der Waals surface area contributed by atoms with Crippen LogP contribution in [0.5, 0.6) is 0 Å². The first-order chi connectivity index (χ1) is 9.63. The molecule has 0 aliphatic carbocycles. The van der Waals surface area contributed by atoms with Gasteiger partial charge in [0.15, 0.2) is 0 Å². The summed E-state index contributed by atoms with van der Waals surface area (Å²) >= 11 is 0. The van der Waals surface area contributed by atoms with Gasteiger partial charge in [-0.3, -0.25) is 9.59 Å². The van der Waals surface area contributed by atoms with E-state index in [9.17, 15) is 9.59 Å². The van der Waals surface area contributed by atoms with Gasteiger partial charge in [0.25, 0.3) is 0 Å². The van der Waals surface area contributed by atoms with Crippen molar-refractivity contribution in [2.24, 2.45) is 5.73 Å². The van der Waals surface area contributed by atoms with Crippen molar-refractivity contribution in [2.45, 2.75) is 12.5 Å². The second kappa shape index (κ2) is 8.61. The van der Waals surface area contributed by atoms with Crippen molar-refractivity contribution in [2.75, 3.05) is 0 Å². The second-order valence-electron chi connectivity index (χ2n) is 4.16. The van der Waals surface area contributed by atoms with Crippen LogP contribution in [0.1, 0.15) is 15.9 Å². The predicted molar refractivity (Wildman–Crippen MR) is 77.6 cm³/mol. The monoisotopic (exact) mass is 271 g/mol. The molecular weight excluding hydrogens is 254 g/mol. The maximum atomic E-state index is 10.4. The van der Waals surface area contributed by atoms with E-state index in [0.29, 0.717) is 6.42 Å². The van der Waals surface area contributed by atoms with Crippen LogP contribution in [0.25, 0.3) is 0 Å². The molecule has 0 spiro atoms. The molecule has 20 heavy (non-hydrogen) atoms. The number of rotatable bonds is 4. The third kappa shape index (κ3) is 5.93. The number of carbonyl (C=O) groups is 2. The number of carboxylic acid groups (broad SMARTS) is 1. The maximum absolute atomic E-state index is 10.4. The highest BCUT2D eigenvalue weighted by atomic mass is 16.4. The number of benzene rings is 2. The van der Waals surface area contributed by atoms with E-state index in [0.717, 1.165) is 17.4 Å². The van der Waals surface area contributed by atoms with E-state index in [-0.39, 0.29) is 0 Å². The molecule has 0 aliphatic heterocycles. The van der Waals surface area contributed by atoms with Crippen molar-refractivity contribution >= 4 is 12.3 Å². The summed E-state index contributed by atoms with van der Waals surface area (Å²) in [5.41, 5.74) is 7.03. The van der Waals surface area contributed by atoms with Crippen LogP contribution in [0.15, 0.2) is 60.7 Å². The maximum Gasteiger partial charge on any atom is 0.320 e. The number of aliphatic carboxylic acids is 1. The standard InChI is InChI=1S/C9H11NO2.C7H6O/c10-8(9(11)12)6-7-4-2-1-3-5-7;8-6-7-4-2-1-3-5-7/h1-5,8H,6,10H2,(H,11,12);1-6H/t8-;/m0./s1. The third-order valence-corrected chi connectivity index (χ3v) is 2.55. The average Bonchev–Trinajstić information content (AvgIpc) is 2.49. The smallest absolute Gasteiger partial charge is 0.320 e. The van der Waals surface area contributed by atoms with Crippen LogP contribution in [0.3, 0.4) is 0 Å². The summed E-state index contributed by atoms with van der Waals surface area (Å²) in [6.45, 7) is 0. The van der Waals surface area contributed by atoms with Gasteiger partial charge >= 0.3 is 5.97 Å². The van der Waals surface area contributed by atoms with Crippen LogP contribution >= 0.6 is 0 Å². The van der Waals surface area contributed by atoms with Gasteiger partial charge in [-0.2, -0.15) is 0 Å². The summed E-state index contributed by atoms with van der Waals surface area (Å²) in [7, 11) is 0. The van der Waals surface area contributed by atoms with Gasteiger partial charge in [-0.05, 0) is 12.0 Å². The van der Waals surface area contributed by atoms with Gasteiger partial charge in [-0.25, -0.2) is 0 Å². The molecule has 0 saturated heterocycles. The molecule has 2 aromatic rings. The minimum atomic E-state index is -0.959. The minimum Gasteiger partial charge on any atom is -0.480 e. The minimum absolute atomic E-state index is 0.385. The Morgan fingerprint density at radius 2 is 1.55 bits per heavy atom. The highest BCUT2D eigenvalue weighted by Gasteiger charge is 2.10. The van der Waals surface area contributed by atoms with E-state index in [1.165, 1.54) is 0 Å². The largest absolute Gasteiger partial charge is 0.480 e. The summed E-state index contributed by atoms with van der Waals surface area (Å²) in [6.07, 6.45) is 1.22. The zero-order valence-corrected chi connectivity index (χ0v) is 11.0. The average molecular weight is 271 g/mol. The number of hydrogen-bond donors (Lipinski definition) is 2. The van der Waals surface area contributed by atoms with E-state index in [1.807, 2.05) is 48.5 Å². The molecule has 0 saturated carbocycles. The molecule has 0 unspecified atom stereocenters. The van der Waals surface area contributed by atoms with Crippen LogP contribution in [-0.4, -0.2) is 23.4 Å². The molecule has 0 aliphatic rings. The summed E-state index contributed by atoms with van der Waals surface area (Å²) in [6, 6.07) is 17.6. The Morgan fingerprint density at radius 3 is 1.95 bits per heavy atom. The van der Waals surface area contributed by atoms with E-state index in [2.05, 4.69) is 0 Å².